The van der Waals surface area contributed by atoms with Gasteiger partial charge in [0.25, 0.3) is 0 Å². The van der Waals surface area contributed by atoms with E-state index in [0.29, 0.717) is 23.6 Å². The van der Waals surface area contributed by atoms with Crippen molar-refractivity contribution in [1.82, 2.24) is 9.78 Å². The average molecular weight is 275 g/mol. The summed E-state index contributed by atoms with van der Waals surface area (Å²) in [6.07, 6.45) is 0. The van der Waals surface area contributed by atoms with E-state index in [0.717, 1.165) is 5.56 Å². The Bertz CT molecular complexity index is 681. The largest absolute Gasteiger partial charge is 0.465 e. The molecule has 1 N–H and O–H groups in total. The molecule has 2 heterocycles. The summed E-state index contributed by atoms with van der Waals surface area (Å²) < 4.78 is 19.8. The molecule has 1 aliphatic heterocycles. The molecule has 1 aromatic carbocycles. The van der Waals surface area contributed by atoms with Crippen molar-refractivity contribution in [3.05, 3.63) is 46.9 Å². The number of fused-ring (bicyclic) bond motifs is 1. The van der Waals surface area contributed by atoms with Gasteiger partial charge < -0.3 is 10.1 Å². The van der Waals surface area contributed by atoms with E-state index in [2.05, 4.69) is 10.4 Å². The van der Waals surface area contributed by atoms with Crippen LogP contribution in [0.3, 0.4) is 0 Å². The average Bonchev–Trinajstić information content (AvgIpc) is 2.94. The molecule has 0 fully saturated rings. The SMILES string of the molecule is COC(=O)c1c(C)nn2c1NC(c1cccc(F)c1)C2. The third kappa shape index (κ3) is 1.93. The monoisotopic (exact) mass is 275 g/mol. The zero-order valence-corrected chi connectivity index (χ0v) is 11.2. The van der Waals surface area contributed by atoms with Crippen molar-refractivity contribution in [2.45, 2.75) is 19.5 Å². The molecule has 20 heavy (non-hydrogen) atoms. The van der Waals surface area contributed by atoms with Crippen LogP contribution >= 0.6 is 0 Å². The van der Waals surface area contributed by atoms with Crippen LogP contribution in [0.1, 0.15) is 27.7 Å². The predicted molar refractivity (Wildman–Crippen MR) is 71.1 cm³/mol. The molecule has 0 amide bonds. The minimum absolute atomic E-state index is 0.0998. The molecule has 0 saturated heterocycles. The van der Waals surface area contributed by atoms with Crippen LogP contribution in [-0.4, -0.2) is 22.9 Å². The third-order valence-corrected chi connectivity index (χ3v) is 3.43. The molecule has 6 heteroatoms. The van der Waals surface area contributed by atoms with Crippen LogP contribution in [0.2, 0.25) is 0 Å². The Morgan fingerprint density at radius 1 is 1.55 bits per heavy atom. The molecule has 1 atom stereocenters. The lowest BCUT2D eigenvalue weighted by atomic mass is 10.1. The Labute approximate surface area is 115 Å². The number of hydrogen-bond donors (Lipinski definition) is 1. The van der Waals surface area contributed by atoms with Gasteiger partial charge >= 0.3 is 5.97 Å². The number of aromatic nitrogens is 2. The molecule has 0 bridgehead atoms. The molecule has 0 saturated carbocycles. The first-order valence-electron chi connectivity index (χ1n) is 6.28. The lowest BCUT2D eigenvalue weighted by Crippen LogP contribution is -2.10. The molecule has 0 aliphatic carbocycles. The minimum Gasteiger partial charge on any atom is -0.465 e. The lowest BCUT2D eigenvalue weighted by Gasteiger charge is -2.11. The molecule has 1 unspecified atom stereocenters. The molecule has 0 radical (unpaired) electrons. The van der Waals surface area contributed by atoms with Gasteiger partial charge in [-0.2, -0.15) is 5.10 Å². The summed E-state index contributed by atoms with van der Waals surface area (Å²) in [5.74, 6) is -0.0713. The van der Waals surface area contributed by atoms with Crippen molar-refractivity contribution in [3.8, 4) is 0 Å². The Kier molecular flexibility index (Phi) is 2.93. The van der Waals surface area contributed by atoms with E-state index >= 15 is 0 Å². The van der Waals surface area contributed by atoms with Crippen molar-refractivity contribution in [1.29, 1.82) is 0 Å². The van der Waals surface area contributed by atoms with E-state index in [9.17, 15) is 9.18 Å². The van der Waals surface area contributed by atoms with Crippen LogP contribution < -0.4 is 5.32 Å². The first-order chi connectivity index (χ1) is 9.60. The summed E-state index contributed by atoms with van der Waals surface area (Å²) in [7, 11) is 1.34. The topological polar surface area (TPSA) is 56.1 Å². The van der Waals surface area contributed by atoms with Crippen molar-refractivity contribution in [2.75, 3.05) is 12.4 Å². The minimum atomic E-state index is -0.420. The molecule has 2 aromatic rings. The standard InChI is InChI=1S/C14H14FN3O2/c1-8-12(14(19)20-2)13-16-11(7-18(13)17-8)9-4-3-5-10(15)6-9/h3-6,11,16H,7H2,1-2H3. The maximum absolute atomic E-state index is 13.3. The number of carbonyl (C=O) groups excluding carboxylic acids is 1. The molecule has 1 aliphatic rings. The van der Waals surface area contributed by atoms with Crippen molar-refractivity contribution in [3.63, 3.8) is 0 Å². The van der Waals surface area contributed by atoms with Crippen LogP contribution in [0.5, 0.6) is 0 Å². The zero-order chi connectivity index (χ0) is 14.3. The number of aryl methyl sites for hydroxylation is 1. The second-order valence-electron chi connectivity index (χ2n) is 4.73. The number of anilines is 1. The Balaban J connectivity index is 1.93. The predicted octanol–water partition coefficient (Wildman–Crippen LogP) is 2.28. The fourth-order valence-electron chi connectivity index (χ4n) is 2.50. The van der Waals surface area contributed by atoms with Crippen LogP contribution in [0.15, 0.2) is 24.3 Å². The van der Waals surface area contributed by atoms with Crippen LogP contribution in [-0.2, 0) is 11.3 Å². The number of halogens is 1. The van der Waals surface area contributed by atoms with Gasteiger partial charge in [0.15, 0.2) is 0 Å². The number of benzene rings is 1. The molecule has 104 valence electrons. The first kappa shape index (κ1) is 12.7. The fourth-order valence-corrected chi connectivity index (χ4v) is 2.50. The Morgan fingerprint density at radius 3 is 3.05 bits per heavy atom. The normalized spacial score (nSPS) is 16.6. The number of rotatable bonds is 2. The van der Waals surface area contributed by atoms with Gasteiger partial charge in [-0.25, -0.2) is 13.9 Å². The van der Waals surface area contributed by atoms with Gasteiger partial charge in [0.2, 0.25) is 0 Å². The number of nitrogens with zero attached hydrogens (tertiary/aromatic N) is 2. The van der Waals surface area contributed by atoms with Gasteiger partial charge in [0, 0.05) is 0 Å². The van der Waals surface area contributed by atoms with E-state index in [1.54, 1.807) is 17.7 Å². The van der Waals surface area contributed by atoms with Crippen molar-refractivity contribution < 1.29 is 13.9 Å². The smallest absolute Gasteiger partial charge is 0.343 e. The summed E-state index contributed by atoms with van der Waals surface area (Å²) in [6.45, 7) is 2.31. The number of hydrogen-bond acceptors (Lipinski definition) is 4. The second-order valence-corrected chi connectivity index (χ2v) is 4.73. The molecule has 0 spiro atoms. The Hall–Kier alpha value is -2.37. The van der Waals surface area contributed by atoms with Gasteiger partial charge in [0.05, 0.1) is 25.4 Å². The highest BCUT2D eigenvalue weighted by Crippen LogP contribution is 2.33. The first-order valence-corrected chi connectivity index (χ1v) is 6.28. The van der Waals surface area contributed by atoms with Gasteiger partial charge in [-0.15, -0.1) is 0 Å². The quantitative estimate of drug-likeness (QED) is 0.854. The van der Waals surface area contributed by atoms with Gasteiger partial charge in [-0.1, -0.05) is 12.1 Å². The van der Waals surface area contributed by atoms with Crippen LogP contribution in [0.25, 0.3) is 0 Å². The maximum Gasteiger partial charge on any atom is 0.343 e. The van der Waals surface area contributed by atoms with Gasteiger partial charge in [-0.3, -0.25) is 0 Å². The summed E-state index contributed by atoms with van der Waals surface area (Å²) in [5, 5.41) is 7.53. The number of methoxy groups -OCH3 is 1. The number of esters is 1. The molecular weight excluding hydrogens is 261 g/mol. The number of ether oxygens (including phenoxy) is 1. The van der Waals surface area contributed by atoms with E-state index in [-0.39, 0.29) is 11.9 Å². The van der Waals surface area contributed by atoms with E-state index in [4.69, 9.17) is 4.74 Å². The van der Waals surface area contributed by atoms with E-state index < -0.39 is 5.97 Å². The summed E-state index contributed by atoms with van der Waals surface area (Å²) in [5.41, 5.74) is 1.88. The van der Waals surface area contributed by atoms with Gasteiger partial charge in [-0.05, 0) is 24.6 Å². The Morgan fingerprint density at radius 2 is 2.35 bits per heavy atom. The van der Waals surface area contributed by atoms with Gasteiger partial charge in [0.1, 0.15) is 17.2 Å². The lowest BCUT2D eigenvalue weighted by molar-refractivity contribution is 0.0601. The fraction of sp³-hybridized carbons (Fsp3) is 0.286. The molecule has 5 nitrogen and oxygen atoms in total. The summed E-state index contributed by atoms with van der Waals surface area (Å²) >= 11 is 0. The highest BCUT2D eigenvalue weighted by Gasteiger charge is 2.30. The van der Waals surface area contributed by atoms with Crippen molar-refractivity contribution >= 4 is 11.8 Å². The number of nitrogens with one attached hydrogen (secondary N) is 1. The summed E-state index contributed by atoms with van der Waals surface area (Å²) in [4.78, 5) is 11.8. The van der Waals surface area contributed by atoms with Crippen molar-refractivity contribution in [2.24, 2.45) is 0 Å². The third-order valence-electron chi connectivity index (χ3n) is 3.43. The van der Waals surface area contributed by atoms with Crippen LogP contribution in [0, 0.1) is 12.7 Å². The highest BCUT2D eigenvalue weighted by molar-refractivity contribution is 5.96. The molecule has 3 rings (SSSR count). The number of carbonyl (C=O) groups is 1. The van der Waals surface area contributed by atoms with E-state index in [1.165, 1.54) is 19.2 Å². The maximum atomic E-state index is 13.3. The second kappa shape index (κ2) is 4.63. The van der Waals surface area contributed by atoms with E-state index in [1.807, 2.05) is 6.07 Å². The van der Waals surface area contributed by atoms with Crippen LogP contribution in [0.4, 0.5) is 10.2 Å². The molecule has 1 aromatic heterocycles. The summed E-state index contributed by atoms with van der Waals surface area (Å²) in [6, 6.07) is 6.30. The molecular formula is C14H14FN3O2. The zero-order valence-electron chi connectivity index (χ0n) is 11.2. The highest BCUT2D eigenvalue weighted by atomic mass is 19.1.